The van der Waals surface area contributed by atoms with E-state index in [1.165, 1.54) is 23.9 Å². The zero-order valence-electron chi connectivity index (χ0n) is 9.89. The monoisotopic (exact) mass is 258 g/mol. The smallest absolute Gasteiger partial charge is 0.410 e. The number of rotatable bonds is 0. The van der Waals surface area contributed by atoms with Gasteiger partial charge in [-0.1, -0.05) is 0 Å². The van der Waals surface area contributed by atoms with Crippen molar-refractivity contribution in [3.8, 4) is 0 Å². The van der Waals surface area contributed by atoms with E-state index in [0.29, 0.717) is 0 Å². The fraction of sp³-hybridized carbons (Fsp3) is 0.800. The van der Waals surface area contributed by atoms with Gasteiger partial charge in [-0.05, 0) is 0 Å². The molecule has 2 saturated heterocycles. The van der Waals surface area contributed by atoms with Crippen molar-refractivity contribution < 1.29 is 29.3 Å². The van der Waals surface area contributed by atoms with Crippen LogP contribution in [-0.4, -0.2) is 82.8 Å². The van der Waals surface area contributed by atoms with Crippen LogP contribution >= 0.6 is 0 Å². The number of nitrogens with zero attached hydrogens (tertiary/aromatic N) is 2. The largest absolute Gasteiger partial charge is 0.441 e. The summed E-state index contributed by atoms with van der Waals surface area (Å²) in [5.74, 6) is 0. The third-order valence-electron chi connectivity index (χ3n) is 3.99. The molecule has 3 aliphatic rings. The lowest BCUT2D eigenvalue weighted by Crippen LogP contribution is -2.66. The van der Waals surface area contributed by atoms with Gasteiger partial charge in [0.05, 0.1) is 0 Å². The van der Waals surface area contributed by atoms with Crippen molar-refractivity contribution in [3.63, 3.8) is 0 Å². The topological polar surface area (TPSA) is 99.5 Å². The molecule has 0 bridgehead atoms. The molecular formula is C10H14N2O6. The zero-order chi connectivity index (χ0) is 13.2. The number of aliphatic hydroxyl groups excluding tert-OH is 2. The Bertz CT molecular complexity index is 379. The molecule has 4 unspecified atom stereocenters. The van der Waals surface area contributed by atoms with Gasteiger partial charge in [-0.3, -0.25) is 0 Å². The molecule has 1 aliphatic carbocycles. The summed E-state index contributed by atoms with van der Waals surface area (Å²) in [5.41, 5.74) is 0. The van der Waals surface area contributed by atoms with Crippen LogP contribution in [0.3, 0.4) is 0 Å². The molecule has 3 rings (SSSR count). The van der Waals surface area contributed by atoms with Gasteiger partial charge >= 0.3 is 12.2 Å². The van der Waals surface area contributed by atoms with Crippen LogP contribution in [0.5, 0.6) is 0 Å². The van der Waals surface area contributed by atoms with Crippen LogP contribution in [0.4, 0.5) is 9.59 Å². The molecule has 8 heteroatoms. The molecule has 8 nitrogen and oxygen atoms in total. The normalized spacial score (nSPS) is 46.7. The van der Waals surface area contributed by atoms with Crippen LogP contribution in [0.25, 0.3) is 0 Å². The molecule has 18 heavy (non-hydrogen) atoms. The van der Waals surface area contributed by atoms with Crippen molar-refractivity contribution in [3.05, 3.63) is 0 Å². The van der Waals surface area contributed by atoms with Crippen LogP contribution in [0.2, 0.25) is 0 Å². The number of hydrogen-bond acceptors (Lipinski definition) is 6. The van der Waals surface area contributed by atoms with Crippen LogP contribution in [-0.2, 0) is 9.47 Å². The summed E-state index contributed by atoms with van der Waals surface area (Å²) in [6, 6.07) is -1.35. The lowest BCUT2D eigenvalue weighted by molar-refractivity contribution is -0.124. The zero-order valence-corrected chi connectivity index (χ0v) is 9.89. The van der Waals surface area contributed by atoms with Crippen molar-refractivity contribution in [2.75, 3.05) is 14.1 Å². The highest BCUT2D eigenvalue weighted by molar-refractivity contribution is 5.73. The second kappa shape index (κ2) is 3.48. The summed E-state index contributed by atoms with van der Waals surface area (Å²) >= 11 is 0. The molecule has 1 saturated carbocycles. The van der Waals surface area contributed by atoms with Crippen LogP contribution < -0.4 is 0 Å². The Labute approximate surface area is 103 Å². The SMILES string of the molecule is CN1C(=O)OC2C(O)C3OC(=O)N(C)C3C(O)C21. The van der Waals surface area contributed by atoms with Crippen molar-refractivity contribution in [2.24, 2.45) is 0 Å². The van der Waals surface area contributed by atoms with E-state index in [1.54, 1.807) is 0 Å². The third-order valence-corrected chi connectivity index (χ3v) is 3.99. The summed E-state index contributed by atoms with van der Waals surface area (Å²) in [6.07, 6.45) is -5.10. The predicted octanol–water partition coefficient (Wildman–Crippen LogP) is -1.64. The number of fused-ring (bicyclic) bond motifs is 2. The first kappa shape index (κ1) is 11.5. The predicted molar refractivity (Wildman–Crippen MR) is 55.7 cm³/mol. The Hall–Kier alpha value is -1.54. The van der Waals surface area contributed by atoms with E-state index >= 15 is 0 Å². The minimum absolute atomic E-state index is 0.600. The van der Waals surface area contributed by atoms with Crippen molar-refractivity contribution in [2.45, 2.75) is 36.5 Å². The molecule has 0 spiro atoms. The average Bonchev–Trinajstić information content (AvgIpc) is 2.77. The average molecular weight is 258 g/mol. The van der Waals surface area contributed by atoms with E-state index in [9.17, 15) is 19.8 Å². The second-order valence-corrected chi connectivity index (χ2v) is 4.88. The van der Waals surface area contributed by atoms with Crippen LogP contribution in [0.1, 0.15) is 0 Å². The molecule has 0 aromatic heterocycles. The van der Waals surface area contributed by atoms with Gasteiger partial charge in [0, 0.05) is 14.1 Å². The molecule has 3 fully saturated rings. The maximum Gasteiger partial charge on any atom is 0.410 e. The summed E-state index contributed by atoms with van der Waals surface area (Å²) < 4.78 is 10.0. The summed E-state index contributed by atoms with van der Waals surface area (Å²) in [6.45, 7) is 0. The Morgan fingerprint density at radius 3 is 1.67 bits per heavy atom. The second-order valence-electron chi connectivity index (χ2n) is 4.88. The minimum atomic E-state index is -1.13. The number of hydrogen-bond donors (Lipinski definition) is 2. The van der Waals surface area contributed by atoms with E-state index in [-0.39, 0.29) is 0 Å². The number of ether oxygens (including phenoxy) is 2. The molecule has 100 valence electrons. The van der Waals surface area contributed by atoms with Gasteiger partial charge < -0.3 is 29.5 Å². The number of amides is 2. The lowest BCUT2D eigenvalue weighted by atomic mass is 9.81. The molecule has 2 aliphatic heterocycles. The lowest BCUT2D eigenvalue weighted by Gasteiger charge is -2.41. The molecule has 0 radical (unpaired) electrons. The molecular weight excluding hydrogens is 244 g/mol. The number of carbonyl (C=O) groups is 2. The van der Waals surface area contributed by atoms with Gasteiger partial charge in [0.25, 0.3) is 0 Å². The van der Waals surface area contributed by atoms with Gasteiger partial charge in [-0.15, -0.1) is 0 Å². The third kappa shape index (κ3) is 1.21. The summed E-state index contributed by atoms with van der Waals surface area (Å²) in [7, 11) is 2.97. The first-order chi connectivity index (χ1) is 8.43. The van der Waals surface area contributed by atoms with E-state index in [4.69, 9.17) is 9.47 Å². The van der Waals surface area contributed by atoms with Crippen LogP contribution in [0, 0.1) is 0 Å². The van der Waals surface area contributed by atoms with E-state index in [0.717, 1.165) is 0 Å². The molecule has 0 aromatic rings. The highest BCUT2D eigenvalue weighted by Gasteiger charge is 2.63. The molecule has 4 atom stereocenters. The van der Waals surface area contributed by atoms with Gasteiger partial charge in [-0.2, -0.15) is 0 Å². The fourth-order valence-corrected chi connectivity index (χ4v) is 3.00. The van der Waals surface area contributed by atoms with Gasteiger partial charge in [-0.25, -0.2) is 9.59 Å². The first-order valence-corrected chi connectivity index (χ1v) is 5.66. The molecule has 2 amide bonds. The highest BCUT2D eigenvalue weighted by atomic mass is 16.6. The number of aliphatic hydroxyl groups is 2. The first-order valence-electron chi connectivity index (χ1n) is 5.66. The van der Waals surface area contributed by atoms with Crippen molar-refractivity contribution in [1.82, 2.24) is 9.80 Å². The van der Waals surface area contributed by atoms with E-state index in [1.807, 2.05) is 0 Å². The highest BCUT2D eigenvalue weighted by Crippen LogP contribution is 2.38. The van der Waals surface area contributed by atoms with E-state index in [2.05, 4.69) is 0 Å². The molecule has 2 heterocycles. The molecule has 0 aromatic carbocycles. The minimum Gasteiger partial charge on any atom is -0.441 e. The summed E-state index contributed by atoms with van der Waals surface area (Å²) in [4.78, 5) is 25.4. The van der Waals surface area contributed by atoms with Gasteiger partial charge in [0.15, 0.2) is 12.2 Å². The number of likely N-dealkylation sites (N-methyl/N-ethyl adjacent to an activating group) is 2. The Kier molecular flexibility index (Phi) is 2.23. The standard InChI is InChI=1S/C10H14N2O6/c1-11-3-5(13)4-8(18-10(16)12(4)2)6(14)7(3)17-9(11)15/h3-8,13-14H,1-2H3. The summed E-state index contributed by atoms with van der Waals surface area (Å²) in [5, 5.41) is 20.4. The van der Waals surface area contributed by atoms with Gasteiger partial charge in [0.2, 0.25) is 0 Å². The fourth-order valence-electron chi connectivity index (χ4n) is 3.00. The Morgan fingerprint density at radius 1 is 0.889 bits per heavy atom. The maximum atomic E-state index is 11.5. The van der Waals surface area contributed by atoms with Crippen molar-refractivity contribution in [1.29, 1.82) is 0 Å². The number of carbonyl (C=O) groups excluding carboxylic acids is 2. The maximum absolute atomic E-state index is 11.5. The Balaban J connectivity index is 1.97. The van der Waals surface area contributed by atoms with Crippen LogP contribution in [0.15, 0.2) is 0 Å². The van der Waals surface area contributed by atoms with Crippen molar-refractivity contribution >= 4 is 12.2 Å². The quantitative estimate of drug-likeness (QED) is 0.540. The molecule has 2 N–H and O–H groups in total. The van der Waals surface area contributed by atoms with E-state index < -0.39 is 48.7 Å². The Morgan fingerprint density at radius 2 is 1.28 bits per heavy atom. The van der Waals surface area contributed by atoms with Gasteiger partial charge in [0.1, 0.15) is 24.3 Å².